The first kappa shape index (κ1) is 18.5. The number of hydrogen-bond donors (Lipinski definition) is 0. The fourth-order valence-electron chi connectivity index (χ4n) is 2.58. The summed E-state index contributed by atoms with van der Waals surface area (Å²) in [5.41, 5.74) is 4.80. The molecule has 0 spiro atoms. The Labute approximate surface area is 162 Å². The molecule has 0 bridgehead atoms. The van der Waals surface area contributed by atoms with E-state index in [4.69, 9.17) is 0 Å². The molecular weight excluding hydrogens is 410 g/mol. The van der Waals surface area contributed by atoms with Crippen molar-refractivity contribution in [2.24, 2.45) is 0 Å². The van der Waals surface area contributed by atoms with Crippen LogP contribution < -0.4 is 0 Å². The Kier molecular flexibility index (Phi) is 5.39. The predicted octanol–water partition coefficient (Wildman–Crippen LogP) is 5.14. The van der Waals surface area contributed by atoms with Crippen molar-refractivity contribution in [1.29, 1.82) is 0 Å². The molecule has 0 aliphatic heterocycles. The van der Waals surface area contributed by atoms with Gasteiger partial charge in [-0.3, -0.25) is 4.98 Å². The summed E-state index contributed by atoms with van der Waals surface area (Å²) in [6.45, 7) is 2.00. The van der Waals surface area contributed by atoms with E-state index in [0.29, 0.717) is 4.90 Å². The Bertz CT molecular complexity index is 1050. The van der Waals surface area contributed by atoms with E-state index >= 15 is 0 Å². The maximum atomic E-state index is 11.7. The van der Waals surface area contributed by atoms with E-state index in [1.54, 1.807) is 12.1 Å². The lowest BCUT2D eigenvalue weighted by Crippen LogP contribution is -1.98. The Morgan fingerprint density at radius 2 is 1.77 bits per heavy atom. The molecule has 0 unspecified atom stereocenters. The van der Waals surface area contributed by atoms with E-state index in [1.807, 2.05) is 61.7 Å². The summed E-state index contributed by atoms with van der Waals surface area (Å²) >= 11 is 3.49. The average molecular weight is 428 g/mol. The van der Waals surface area contributed by atoms with E-state index in [2.05, 4.69) is 27.0 Å². The van der Waals surface area contributed by atoms with Crippen molar-refractivity contribution in [3.8, 4) is 0 Å². The molecule has 26 heavy (non-hydrogen) atoms. The number of aromatic nitrogens is 1. The van der Waals surface area contributed by atoms with E-state index < -0.39 is 9.84 Å². The van der Waals surface area contributed by atoms with Gasteiger partial charge in [0, 0.05) is 22.5 Å². The number of sulfone groups is 1. The van der Waals surface area contributed by atoms with Crippen LogP contribution in [0.2, 0.25) is 0 Å². The molecule has 3 rings (SSSR count). The van der Waals surface area contributed by atoms with Crippen LogP contribution in [-0.2, 0) is 9.84 Å². The van der Waals surface area contributed by atoms with Gasteiger partial charge in [-0.2, -0.15) is 0 Å². The monoisotopic (exact) mass is 427 g/mol. The van der Waals surface area contributed by atoms with Gasteiger partial charge >= 0.3 is 0 Å². The number of halogens is 1. The van der Waals surface area contributed by atoms with E-state index in [-0.39, 0.29) is 0 Å². The molecule has 0 aliphatic carbocycles. The fourth-order valence-corrected chi connectivity index (χ4v) is 3.62. The Morgan fingerprint density at radius 1 is 1.04 bits per heavy atom. The predicted molar refractivity (Wildman–Crippen MR) is 110 cm³/mol. The van der Waals surface area contributed by atoms with Crippen LogP contribution in [0.5, 0.6) is 0 Å². The number of hydrogen-bond acceptors (Lipinski definition) is 3. The van der Waals surface area contributed by atoms with Crippen LogP contribution in [-0.4, -0.2) is 19.7 Å². The van der Waals surface area contributed by atoms with Crippen molar-refractivity contribution >= 4 is 37.4 Å². The molecule has 0 saturated heterocycles. The van der Waals surface area contributed by atoms with E-state index in [9.17, 15) is 8.42 Å². The second-order valence-electron chi connectivity index (χ2n) is 6.13. The fraction of sp³-hybridized carbons (Fsp3) is 0.0952. The zero-order chi connectivity index (χ0) is 18.7. The molecule has 0 aliphatic rings. The van der Waals surface area contributed by atoms with Gasteiger partial charge in [0.1, 0.15) is 0 Å². The molecule has 3 aromatic rings. The molecular formula is C21H18BrNO2S. The lowest BCUT2D eigenvalue weighted by atomic mass is 9.99. The Hall–Kier alpha value is -2.24. The Balaban J connectivity index is 2.13. The summed E-state index contributed by atoms with van der Waals surface area (Å²) in [6, 6.07) is 18.9. The molecule has 3 nitrogen and oxygen atoms in total. The summed E-state index contributed by atoms with van der Waals surface area (Å²) < 4.78 is 24.4. The highest BCUT2D eigenvalue weighted by Crippen LogP contribution is 2.27. The van der Waals surface area contributed by atoms with Crippen molar-refractivity contribution in [1.82, 2.24) is 4.98 Å². The molecule has 2 aromatic carbocycles. The molecule has 5 heteroatoms. The lowest BCUT2D eigenvalue weighted by molar-refractivity contribution is 0.602. The zero-order valence-electron chi connectivity index (χ0n) is 14.5. The number of nitrogens with zero attached hydrogens (tertiary/aromatic N) is 1. The minimum Gasteiger partial charge on any atom is -0.256 e. The number of aryl methyl sites for hydroxylation is 1. The normalized spacial score (nSPS) is 12.2. The largest absolute Gasteiger partial charge is 0.256 e. The summed E-state index contributed by atoms with van der Waals surface area (Å²) in [5.74, 6) is 0. The maximum Gasteiger partial charge on any atom is 0.175 e. The minimum atomic E-state index is -3.22. The molecule has 1 aromatic heterocycles. The quantitative estimate of drug-likeness (QED) is 0.541. The number of rotatable bonds is 4. The minimum absolute atomic E-state index is 0.305. The first-order chi connectivity index (χ1) is 12.3. The molecule has 0 saturated carbocycles. The first-order valence-corrected chi connectivity index (χ1v) is 10.7. The number of benzene rings is 2. The third-order valence-electron chi connectivity index (χ3n) is 3.94. The van der Waals surface area contributed by atoms with Crippen molar-refractivity contribution in [2.45, 2.75) is 11.8 Å². The van der Waals surface area contributed by atoms with Gasteiger partial charge in [0.25, 0.3) is 0 Å². The molecule has 0 radical (unpaired) electrons. The molecule has 132 valence electrons. The van der Waals surface area contributed by atoms with E-state index in [0.717, 1.165) is 32.4 Å². The van der Waals surface area contributed by atoms with Gasteiger partial charge < -0.3 is 0 Å². The molecule has 0 atom stereocenters. The van der Waals surface area contributed by atoms with Gasteiger partial charge in [-0.1, -0.05) is 46.3 Å². The second kappa shape index (κ2) is 7.56. The van der Waals surface area contributed by atoms with Crippen LogP contribution in [0.4, 0.5) is 0 Å². The highest BCUT2D eigenvalue weighted by atomic mass is 79.9. The third-order valence-corrected chi connectivity index (χ3v) is 5.56. The maximum absolute atomic E-state index is 11.7. The molecule has 0 fully saturated rings. The summed E-state index contributed by atoms with van der Waals surface area (Å²) in [6.07, 6.45) is 5.09. The van der Waals surface area contributed by atoms with Crippen molar-refractivity contribution < 1.29 is 8.42 Å². The van der Waals surface area contributed by atoms with Crippen LogP contribution in [0.1, 0.15) is 22.4 Å². The van der Waals surface area contributed by atoms with Crippen LogP contribution in [0.15, 0.2) is 76.2 Å². The lowest BCUT2D eigenvalue weighted by Gasteiger charge is -2.10. The Morgan fingerprint density at radius 3 is 2.35 bits per heavy atom. The molecule has 1 heterocycles. The first-order valence-electron chi connectivity index (χ1n) is 8.04. The van der Waals surface area contributed by atoms with Gasteiger partial charge in [0.2, 0.25) is 0 Å². The standard InChI is InChI=1S/C21H18BrNO2S/c1-15-6-11-21(23-14-15)20(13-16-4-3-5-18(22)12-16)17-7-9-19(10-8-17)26(2,24)25/h3-14H,1-2H3/b20-13+. The highest BCUT2D eigenvalue weighted by molar-refractivity contribution is 9.10. The van der Waals surface area contributed by atoms with Gasteiger partial charge in [0.05, 0.1) is 10.6 Å². The molecule has 0 N–H and O–H groups in total. The van der Waals surface area contributed by atoms with Crippen LogP contribution >= 0.6 is 15.9 Å². The van der Waals surface area contributed by atoms with Crippen molar-refractivity contribution in [3.05, 3.63) is 93.7 Å². The van der Waals surface area contributed by atoms with Gasteiger partial charge in [-0.05, 0) is 60.0 Å². The SMILES string of the molecule is Cc1ccc(/C(=C/c2cccc(Br)c2)c2ccc(S(C)(=O)=O)cc2)nc1. The van der Waals surface area contributed by atoms with Crippen LogP contribution in [0.25, 0.3) is 11.6 Å². The second-order valence-corrected chi connectivity index (χ2v) is 9.06. The number of pyridine rings is 1. The third kappa shape index (κ3) is 4.48. The van der Waals surface area contributed by atoms with Crippen molar-refractivity contribution in [2.75, 3.05) is 6.26 Å². The zero-order valence-corrected chi connectivity index (χ0v) is 16.9. The van der Waals surface area contributed by atoms with Crippen LogP contribution in [0, 0.1) is 6.92 Å². The van der Waals surface area contributed by atoms with Crippen LogP contribution in [0.3, 0.4) is 0 Å². The smallest absolute Gasteiger partial charge is 0.175 e. The van der Waals surface area contributed by atoms with Crippen molar-refractivity contribution in [3.63, 3.8) is 0 Å². The van der Waals surface area contributed by atoms with E-state index in [1.165, 1.54) is 6.26 Å². The van der Waals surface area contributed by atoms with Gasteiger partial charge in [0.15, 0.2) is 9.84 Å². The highest BCUT2D eigenvalue weighted by Gasteiger charge is 2.11. The average Bonchev–Trinajstić information content (AvgIpc) is 2.60. The van der Waals surface area contributed by atoms with Gasteiger partial charge in [-0.25, -0.2) is 8.42 Å². The summed E-state index contributed by atoms with van der Waals surface area (Å²) in [7, 11) is -3.22. The van der Waals surface area contributed by atoms with Gasteiger partial charge in [-0.15, -0.1) is 0 Å². The summed E-state index contributed by atoms with van der Waals surface area (Å²) in [5, 5.41) is 0. The topological polar surface area (TPSA) is 47.0 Å². The molecule has 0 amide bonds. The summed E-state index contributed by atoms with van der Waals surface area (Å²) in [4.78, 5) is 4.85.